The van der Waals surface area contributed by atoms with Crippen LogP contribution in [0.5, 0.6) is 0 Å². The van der Waals surface area contributed by atoms with Gasteiger partial charge in [0.15, 0.2) is 0 Å². The second kappa shape index (κ2) is 8.48. The van der Waals surface area contributed by atoms with Gasteiger partial charge < -0.3 is 5.32 Å². The van der Waals surface area contributed by atoms with Crippen LogP contribution < -0.4 is 5.32 Å². The smallest absolute Gasteiger partial charge is 0.0797 e. The molecule has 17 heavy (non-hydrogen) atoms. The van der Waals surface area contributed by atoms with Gasteiger partial charge in [0.2, 0.25) is 0 Å². The molecule has 1 N–H and O–H groups in total. The second-order valence-corrected chi connectivity index (χ2v) is 5.09. The van der Waals surface area contributed by atoms with E-state index >= 15 is 0 Å². The maximum Gasteiger partial charge on any atom is 0.0797 e. The molecule has 0 radical (unpaired) electrons. The molecule has 0 fully saturated rings. The van der Waals surface area contributed by atoms with Gasteiger partial charge in [-0.3, -0.25) is 0 Å². The fourth-order valence-electron chi connectivity index (χ4n) is 1.66. The Bertz CT molecular complexity index is 352. The monoisotopic (exact) mass is 269 g/mol. The minimum Gasteiger partial charge on any atom is -0.349 e. The highest BCUT2D eigenvalue weighted by molar-refractivity contribution is 7.80. The van der Waals surface area contributed by atoms with Crippen LogP contribution in [-0.4, -0.2) is 4.99 Å². The number of benzene rings is 1. The van der Waals surface area contributed by atoms with Crippen molar-refractivity contribution in [2.45, 2.75) is 45.4 Å². The summed E-state index contributed by atoms with van der Waals surface area (Å²) in [5.74, 6) is 0. The van der Waals surface area contributed by atoms with Crippen LogP contribution in [0.15, 0.2) is 24.3 Å². The van der Waals surface area contributed by atoms with E-state index in [9.17, 15) is 0 Å². The minimum atomic E-state index is 0.723. The summed E-state index contributed by atoms with van der Waals surface area (Å²) in [5, 5.41) is 3.92. The molecule has 94 valence electrons. The van der Waals surface area contributed by atoms with Crippen molar-refractivity contribution in [2.24, 2.45) is 0 Å². The number of thiocarbonyl (C=S) groups is 1. The van der Waals surface area contributed by atoms with Crippen molar-refractivity contribution in [3.8, 4) is 0 Å². The number of hydrogen-bond acceptors (Lipinski definition) is 1. The highest BCUT2D eigenvalue weighted by Crippen LogP contribution is 2.21. The molecule has 0 saturated carbocycles. The number of anilines is 1. The third kappa shape index (κ3) is 6.04. The summed E-state index contributed by atoms with van der Waals surface area (Å²) in [6.07, 6.45) is 7.29. The van der Waals surface area contributed by atoms with Crippen LogP contribution in [0.25, 0.3) is 0 Å². The van der Waals surface area contributed by atoms with Crippen molar-refractivity contribution in [1.29, 1.82) is 0 Å². The molecule has 0 aliphatic carbocycles. The van der Waals surface area contributed by atoms with Crippen molar-refractivity contribution in [1.82, 2.24) is 0 Å². The molecule has 0 bridgehead atoms. The third-order valence-electron chi connectivity index (χ3n) is 2.66. The lowest BCUT2D eigenvalue weighted by Gasteiger charge is -2.09. The lowest BCUT2D eigenvalue weighted by molar-refractivity contribution is 0.644. The Balaban J connectivity index is 2.23. The van der Waals surface area contributed by atoms with Crippen molar-refractivity contribution in [3.63, 3.8) is 0 Å². The van der Waals surface area contributed by atoms with E-state index in [-0.39, 0.29) is 0 Å². The lowest BCUT2D eigenvalue weighted by Crippen LogP contribution is -2.08. The molecular weight excluding hydrogens is 250 g/mol. The van der Waals surface area contributed by atoms with Gasteiger partial charge in [-0.2, -0.15) is 0 Å². The van der Waals surface area contributed by atoms with Crippen molar-refractivity contribution in [3.05, 3.63) is 29.3 Å². The number of halogens is 1. The molecule has 1 rings (SSSR count). The zero-order valence-electron chi connectivity index (χ0n) is 10.3. The molecule has 0 atom stereocenters. The van der Waals surface area contributed by atoms with Crippen LogP contribution in [-0.2, 0) is 0 Å². The molecule has 0 aliphatic rings. The second-order valence-electron chi connectivity index (χ2n) is 4.19. The Labute approximate surface area is 115 Å². The maximum absolute atomic E-state index is 6.05. The van der Waals surface area contributed by atoms with Crippen LogP contribution in [0.3, 0.4) is 0 Å². The number of rotatable bonds is 7. The zero-order valence-corrected chi connectivity index (χ0v) is 11.9. The Morgan fingerprint density at radius 2 is 1.88 bits per heavy atom. The van der Waals surface area contributed by atoms with Crippen LogP contribution in [0.2, 0.25) is 5.02 Å². The Hall–Kier alpha value is -0.600. The molecule has 1 nitrogen and oxygen atoms in total. The highest BCUT2D eigenvalue weighted by atomic mass is 35.5. The van der Waals surface area contributed by atoms with Gasteiger partial charge in [0.25, 0.3) is 0 Å². The van der Waals surface area contributed by atoms with Crippen LogP contribution in [0, 0.1) is 0 Å². The first-order chi connectivity index (χ1) is 8.24. The van der Waals surface area contributed by atoms with Gasteiger partial charge in [-0.15, -0.1) is 0 Å². The van der Waals surface area contributed by atoms with E-state index < -0.39 is 0 Å². The van der Waals surface area contributed by atoms with Gasteiger partial charge in [0.1, 0.15) is 0 Å². The number of hydrogen-bond donors (Lipinski definition) is 1. The maximum atomic E-state index is 6.05. The van der Waals surface area contributed by atoms with E-state index in [1.54, 1.807) is 0 Å². The lowest BCUT2D eigenvalue weighted by atomic mass is 10.1. The SMILES string of the molecule is CCCCCCCC(=S)Nc1ccccc1Cl. The fraction of sp³-hybridized carbons (Fsp3) is 0.500. The zero-order chi connectivity index (χ0) is 12.5. The fourth-order valence-corrected chi connectivity index (χ4v) is 2.10. The summed E-state index contributed by atoms with van der Waals surface area (Å²) >= 11 is 11.4. The molecule has 3 heteroatoms. The summed E-state index contributed by atoms with van der Waals surface area (Å²) < 4.78 is 0. The normalized spacial score (nSPS) is 10.2. The predicted octanol–water partition coefficient (Wildman–Crippen LogP) is 5.44. The molecule has 0 saturated heterocycles. The minimum absolute atomic E-state index is 0.723. The van der Waals surface area contributed by atoms with E-state index in [0.29, 0.717) is 0 Å². The average molecular weight is 270 g/mol. The topological polar surface area (TPSA) is 12.0 Å². The van der Waals surface area contributed by atoms with Crippen LogP contribution in [0.4, 0.5) is 5.69 Å². The van der Waals surface area contributed by atoms with Crippen LogP contribution in [0.1, 0.15) is 45.4 Å². The van der Waals surface area contributed by atoms with Gasteiger partial charge in [-0.25, -0.2) is 0 Å². The average Bonchev–Trinajstić information content (AvgIpc) is 2.32. The first kappa shape index (κ1) is 14.5. The summed E-state index contributed by atoms with van der Waals surface area (Å²) in [7, 11) is 0. The summed E-state index contributed by atoms with van der Waals surface area (Å²) in [4.78, 5) is 0.884. The molecule has 0 spiro atoms. The molecule has 1 aromatic rings. The van der Waals surface area contributed by atoms with Gasteiger partial charge >= 0.3 is 0 Å². The number of para-hydroxylation sites is 1. The Kier molecular flexibility index (Phi) is 7.22. The van der Waals surface area contributed by atoms with E-state index in [4.69, 9.17) is 23.8 Å². The standard InChI is InChI=1S/C14H20ClNS/c1-2-3-4-5-6-11-14(17)16-13-10-8-7-9-12(13)15/h7-10H,2-6,11H2,1H3,(H,16,17). The largest absolute Gasteiger partial charge is 0.349 e. The Morgan fingerprint density at radius 1 is 1.18 bits per heavy atom. The molecule has 0 aliphatic heterocycles. The van der Waals surface area contributed by atoms with Gasteiger partial charge in [0.05, 0.1) is 15.7 Å². The molecule has 0 heterocycles. The van der Waals surface area contributed by atoms with Crippen LogP contribution >= 0.6 is 23.8 Å². The predicted molar refractivity (Wildman–Crippen MR) is 81.0 cm³/mol. The van der Waals surface area contributed by atoms with Gasteiger partial charge in [-0.05, 0) is 25.0 Å². The first-order valence-corrected chi connectivity index (χ1v) is 7.07. The van der Waals surface area contributed by atoms with E-state index in [1.165, 1.54) is 25.7 Å². The quantitative estimate of drug-likeness (QED) is 0.522. The molecule has 0 unspecified atom stereocenters. The van der Waals surface area contributed by atoms with E-state index in [1.807, 2.05) is 24.3 Å². The first-order valence-electron chi connectivity index (χ1n) is 6.28. The van der Waals surface area contributed by atoms with Gasteiger partial charge in [-0.1, -0.05) is 68.6 Å². The Morgan fingerprint density at radius 3 is 2.59 bits per heavy atom. The van der Waals surface area contributed by atoms with E-state index in [2.05, 4.69) is 12.2 Å². The molecular formula is C14H20ClNS. The molecule has 0 amide bonds. The summed E-state index contributed by atoms with van der Waals surface area (Å²) in [5.41, 5.74) is 0.910. The molecule has 1 aromatic carbocycles. The summed E-state index contributed by atoms with van der Waals surface area (Å²) in [6, 6.07) is 7.69. The van der Waals surface area contributed by atoms with Crippen molar-refractivity contribution in [2.75, 3.05) is 5.32 Å². The number of unbranched alkanes of at least 4 members (excludes halogenated alkanes) is 4. The number of nitrogens with one attached hydrogen (secondary N) is 1. The van der Waals surface area contributed by atoms with E-state index in [0.717, 1.165) is 28.5 Å². The molecule has 0 aromatic heterocycles. The summed E-state index contributed by atoms with van der Waals surface area (Å²) in [6.45, 7) is 2.23. The highest BCUT2D eigenvalue weighted by Gasteiger charge is 2.01. The third-order valence-corrected chi connectivity index (χ3v) is 3.29. The van der Waals surface area contributed by atoms with Gasteiger partial charge in [0, 0.05) is 0 Å². The van der Waals surface area contributed by atoms with Crippen molar-refractivity contribution >= 4 is 34.5 Å². The van der Waals surface area contributed by atoms with Crippen molar-refractivity contribution < 1.29 is 0 Å².